The molecule has 0 aliphatic rings. The lowest BCUT2D eigenvalue weighted by molar-refractivity contribution is 0.191. The molecule has 16 heavy (non-hydrogen) atoms. The van der Waals surface area contributed by atoms with Crippen LogP contribution < -0.4 is 5.73 Å². The number of hydrogen-bond donors (Lipinski definition) is 1. The predicted molar refractivity (Wildman–Crippen MR) is 68.9 cm³/mol. The summed E-state index contributed by atoms with van der Waals surface area (Å²) in [5.41, 5.74) is 7.20. The van der Waals surface area contributed by atoms with E-state index in [0.29, 0.717) is 0 Å². The molecular weight excluding hydrogens is 222 g/mol. The second kappa shape index (κ2) is 7.66. The van der Waals surface area contributed by atoms with Crippen molar-refractivity contribution in [3.63, 3.8) is 0 Å². The van der Waals surface area contributed by atoms with Crippen molar-refractivity contribution in [1.82, 2.24) is 0 Å². The van der Waals surface area contributed by atoms with E-state index < -0.39 is 0 Å². The SMILES string of the molecule is COCCCCC(N)Cc1ccccc1Cl. The van der Waals surface area contributed by atoms with Gasteiger partial charge in [0.2, 0.25) is 0 Å². The highest BCUT2D eigenvalue weighted by atomic mass is 35.5. The highest BCUT2D eigenvalue weighted by Gasteiger charge is 2.06. The van der Waals surface area contributed by atoms with Gasteiger partial charge in [0.25, 0.3) is 0 Å². The third kappa shape index (κ3) is 4.97. The Bertz CT molecular complexity index is 304. The maximum absolute atomic E-state index is 6.08. The van der Waals surface area contributed by atoms with Crippen molar-refractivity contribution in [2.45, 2.75) is 31.7 Å². The van der Waals surface area contributed by atoms with Gasteiger partial charge in [0.1, 0.15) is 0 Å². The average molecular weight is 242 g/mol. The lowest BCUT2D eigenvalue weighted by Gasteiger charge is -2.12. The lowest BCUT2D eigenvalue weighted by Crippen LogP contribution is -2.22. The Labute approximate surface area is 103 Å². The van der Waals surface area contributed by atoms with Crippen molar-refractivity contribution < 1.29 is 4.74 Å². The summed E-state index contributed by atoms with van der Waals surface area (Å²) >= 11 is 6.08. The zero-order valence-electron chi connectivity index (χ0n) is 9.79. The largest absolute Gasteiger partial charge is 0.385 e. The van der Waals surface area contributed by atoms with Crippen LogP contribution in [0.25, 0.3) is 0 Å². The van der Waals surface area contributed by atoms with Crippen LogP contribution in [0, 0.1) is 0 Å². The van der Waals surface area contributed by atoms with Crippen molar-refractivity contribution in [1.29, 1.82) is 0 Å². The van der Waals surface area contributed by atoms with Gasteiger partial charge in [0.15, 0.2) is 0 Å². The molecule has 0 saturated heterocycles. The lowest BCUT2D eigenvalue weighted by atomic mass is 10.0. The molecule has 0 spiro atoms. The number of unbranched alkanes of at least 4 members (excludes halogenated alkanes) is 1. The Kier molecular flexibility index (Phi) is 6.46. The van der Waals surface area contributed by atoms with E-state index >= 15 is 0 Å². The highest BCUT2D eigenvalue weighted by molar-refractivity contribution is 6.31. The number of methoxy groups -OCH3 is 1. The average Bonchev–Trinajstić information content (AvgIpc) is 2.28. The van der Waals surface area contributed by atoms with Gasteiger partial charge >= 0.3 is 0 Å². The molecule has 1 rings (SSSR count). The normalized spacial score (nSPS) is 12.7. The minimum absolute atomic E-state index is 0.191. The fourth-order valence-electron chi connectivity index (χ4n) is 1.70. The molecule has 1 aromatic carbocycles. The molecule has 2 nitrogen and oxygen atoms in total. The maximum atomic E-state index is 6.08. The van der Waals surface area contributed by atoms with E-state index in [2.05, 4.69) is 0 Å². The number of nitrogens with two attached hydrogens (primary N) is 1. The highest BCUT2D eigenvalue weighted by Crippen LogP contribution is 2.17. The first kappa shape index (κ1) is 13.5. The molecular formula is C13H20ClNO. The molecule has 0 amide bonds. The summed E-state index contributed by atoms with van der Waals surface area (Å²) in [5, 5.41) is 0.815. The van der Waals surface area contributed by atoms with E-state index in [-0.39, 0.29) is 6.04 Å². The Morgan fingerprint density at radius 1 is 1.31 bits per heavy atom. The molecule has 1 atom stereocenters. The quantitative estimate of drug-likeness (QED) is 0.745. The number of halogens is 1. The molecule has 0 aromatic heterocycles. The first-order valence-electron chi connectivity index (χ1n) is 5.72. The monoisotopic (exact) mass is 241 g/mol. The van der Waals surface area contributed by atoms with Crippen molar-refractivity contribution in [2.24, 2.45) is 5.73 Å². The Hall–Kier alpha value is -0.570. The van der Waals surface area contributed by atoms with Crippen LogP contribution >= 0.6 is 11.6 Å². The molecule has 0 heterocycles. The van der Waals surface area contributed by atoms with Crippen molar-refractivity contribution in [3.8, 4) is 0 Å². The Morgan fingerprint density at radius 3 is 2.75 bits per heavy atom. The van der Waals surface area contributed by atoms with Gasteiger partial charge in [0.05, 0.1) is 0 Å². The summed E-state index contributed by atoms with van der Waals surface area (Å²) in [4.78, 5) is 0. The summed E-state index contributed by atoms with van der Waals surface area (Å²) in [7, 11) is 1.73. The molecule has 90 valence electrons. The first-order chi connectivity index (χ1) is 7.74. The van der Waals surface area contributed by atoms with Crippen LogP contribution in [0.15, 0.2) is 24.3 Å². The molecule has 0 aliphatic heterocycles. The number of benzene rings is 1. The second-order valence-electron chi connectivity index (χ2n) is 4.04. The minimum atomic E-state index is 0.191. The van der Waals surface area contributed by atoms with Crippen LogP contribution in [0.3, 0.4) is 0 Å². The van der Waals surface area contributed by atoms with E-state index in [1.54, 1.807) is 7.11 Å². The Morgan fingerprint density at radius 2 is 2.06 bits per heavy atom. The molecule has 0 aliphatic carbocycles. The van der Waals surface area contributed by atoms with Crippen molar-refractivity contribution in [2.75, 3.05) is 13.7 Å². The van der Waals surface area contributed by atoms with E-state index in [4.69, 9.17) is 22.1 Å². The standard InChI is InChI=1S/C13H20ClNO/c1-16-9-5-4-7-12(15)10-11-6-2-3-8-13(11)14/h2-3,6,8,12H,4-5,7,9-10,15H2,1H3. The fraction of sp³-hybridized carbons (Fsp3) is 0.538. The predicted octanol–water partition coefficient (Wildman–Crippen LogP) is 3.03. The molecule has 3 heteroatoms. The van der Waals surface area contributed by atoms with E-state index in [1.807, 2.05) is 24.3 Å². The second-order valence-corrected chi connectivity index (χ2v) is 4.45. The van der Waals surface area contributed by atoms with E-state index in [1.165, 1.54) is 0 Å². The third-order valence-electron chi connectivity index (χ3n) is 2.61. The molecule has 2 N–H and O–H groups in total. The molecule has 1 aromatic rings. The van der Waals surface area contributed by atoms with Crippen LogP contribution in [0.4, 0.5) is 0 Å². The van der Waals surface area contributed by atoms with Crippen LogP contribution in [0.5, 0.6) is 0 Å². The molecule has 0 fully saturated rings. The van der Waals surface area contributed by atoms with Gasteiger partial charge in [-0.2, -0.15) is 0 Å². The van der Waals surface area contributed by atoms with Gasteiger partial charge in [-0.3, -0.25) is 0 Å². The summed E-state index contributed by atoms with van der Waals surface area (Å²) in [6.45, 7) is 0.818. The zero-order chi connectivity index (χ0) is 11.8. The fourth-order valence-corrected chi connectivity index (χ4v) is 1.91. The summed E-state index contributed by atoms with van der Waals surface area (Å²) in [6.07, 6.45) is 4.06. The first-order valence-corrected chi connectivity index (χ1v) is 6.09. The van der Waals surface area contributed by atoms with Crippen molar-refractivity contribution >= 4 is 11.6 Å². The zero-order valence-corrected chi connectivity index (χ0v) is 10.5. The van der Waals surface area contributed by atoms with Gasteiger partial charge < -0.3 is 10.5 Å². The smallest absolute Gasteiger partial charge is 0.0462 e. The van der Waals surface area contributed by atoms with Gasteiger partial charge in [-0.1, -0.05) is 29.8 Å². The third-order valence-corrected chi connectivity index (χ3v) is 2.98. The number of hydrogen-bond acceptors (Lipinski definition) is 2. The maximum Gasteiger partial charge on any atom is 0.0462 e. The van der Waals surface area contributed by atoms with Crippen LogP contribution in [-0.4, -0.2) is 19.8 Å². The topological polar surface area (TPSA) is 35.2 Å². The van der Waals surface area contributed by atoms with Crippen LogP contribution in [0.1, 0.15) is 24.8 Å². The van der Waals surface area contributed by atoms with Gasteiger partial charge in [-0.15, -0.1) is 0 Å². The summed E-state index contributed by atoms with van der Waals surface area (Å²) < 4.78 is 5.00. The van der Waals surface area contributed by atoms with Gasteiger partial charge in [0, 0.05) is 24.8 Å². The van der Waals surface area contributed by atoms with Crippen LogP contribution in [-0.2, 0) is 11.2 Å². The minimum Gasteiger partial charge on any atom is -0.385 e. The van der Waals surface area contributed by atoms with E-state index in [0.717, 1.165) is 42.9 Å². The van der Waals surface area contributed by atoms with Gasteiger partial charge in [-0.05, 0) is 37.3 Å². The molecule has 1 unspecified atom stereocenters. The molecule has 0 bridgehead atoms. The Balaban J connectivity index is 2.28. The van der Waals surface area contributed by atoms with E-state index in [9.17, 15) is 0 Å². The summed E-state index contributed by atoms with van der Waals surface area (Å²) in [6, 6.07) is 8.08. The summed E-state index contributed by atoms with van der Waals surface area (Å²) in [5.74, 6) is 0. The van der Waals surface area contributed by atoms with Gasteiger partial charge in [-0.25, -0.2) is 0 Å². The molecule has 0 radical (unpaired) electrons. The molecule has 0 saturated carbocycles. The number of ether oxygens (including phenoxy) is 1. The van der Waals surface area contributed by atoms with Crippen LogP contribution in [0.2, 0.25) is 5.02 Å². The number of rotatable bonds is 7. The van der Waals surface area contributed by atoms with Crippen molar-refractivity contribution in [3.05, 3.63) is 34.9 Å².